The maximum absolute atomic E-state index is 8.97. The Labute approximate surface area is 83.5 Å². The van der Waals surface area contributed by atoms with Gasteiger partial charge in [-0.25, -0.2) is 0 Å². The minimum Gasteiger partial charge on any atom is -0.497 e. The lowest BCUT2D eigenvalue weighted by molar-refractivity contribution is 0.402. The summed E-state index contributed by atoms with van der Waals surface area (Å²) >= 11 is 0. The summed E-state index contributed by atoms with van der Waals surface area (Å²) in [5.41, 5.74) is 1.13. The van der Waals surface area contributed by atoms with Crippen LogP contribution in [0.4, 0.5) is 0 Å². The van der Waals surface area contributed by atoms with Gasteiger partial charge in [0.2, 0.25) is 0 Å². The van der Waals surface area contributed by atoms with Gasteiger partial charge in [0.1, 0.15) is 5.75 Å². The molecule has 0 aromatic heterocycles. The van der Waals surface area contributed by atoms with Gasteiger partial charge < -0.3 is 14.8 Å². The summed E-state index contributed by atoms with van der Waals surface area (Å²) in [6.07, 6.45) is 0.852. The normalized spacial score (nSPS) is 24.5. The fourth-order valence-corrected chi connectivity index (χ4v) is 1.80. The number of benzene rings is 1. The van der Waals surface area contributed by atoms with Crippen molar-refractivity contribution in [3.8, 4) is 5.75 Å². The first-order valence-electron chi connectivity index (χ1n) is 4.72. The van der Waals surface area contributed by atoms with Crippen LogP contribution >= 0.6 is 0 Å². The Morgan fingerprint density at radius 2 is 2.21 bits per heavy atom. The Morgan fingerprint density at radius 1 is 1.43 bits per heavy atom. The lowest BCUT2D eigenvalue weighted by Gasteiger charge is -2.03. The zero-order valence-electron chi connectivity index (χ0n) is 8.05. The topological polar surface area (TPSA) is 49.7 Å². The molecule has 14 heavy (non-hydrogen) atoms. The number of hydrogen-bond donors (Lipinski definition) is 2. The summed E-state index contributed by atoms with van der Waals surface area (Å²) in [4.78, 5) is 0. The molecule has 0 bridgehead atoms. The van der Waals surface area contributed by atoms with Gasteiger partial charge in [-0.1, -0.05) is 12.1 Å². The maximum Gasteiger partial charge on any atom is 0.455 e. The predicted octanol–water partition coefficient (Wildman–Crippen LogP) is 1.03. The van der Waals surface area contributed by atoms with Gasteiger partial charge in [-0.05, 0) is 30.0 Å². The average molecular weight is 192 g/mol. The first-order chi connectivity index (χ1) is 6.72. The molecular formula is C10H13BO3. The van der Waals surface area contributed by atoms with Gasteiger partial charge in [-0.15, -0.1) is 0 Å². The van der Waals surface area contributed by atoms with E-state index in [1.54, 1.807) is 7.11 Å². The van der Waals surface area contributed by atoms with Crippen LogP contribution < -0.4 is 4.74 Å². The minimum atomic E-state index is -1.19. The van der Waals surface area contributed by atoms with Crippen molar-refractivity contribution in [2.24, 2.45) is 0 Å². The van der Waals surface area contributed by atoms with Gasteiger partial charge in [0.25, 0.3) is 0 Å². The molecule has 2 N–H and O–H groups in total. The highest BCUT2D eigenvalue weighted by atomic mass is 16.5. The summed E-state index contributed by atoms with van der Waals surface area (Å²) in [7, 11) is 0.441. The molecule has 1 aliphatic carbocycles. The molecule has 1 fully saturated rings. The second-order valence-electron chi connectivity index (χ2n) is 3.70. The summed E-state index contributed by atoms with van der Waals surface area (Å²) in [5.74, 6) is 1.10. The van der Waals surface area contributed by atoms with E-state index in [2.05, 4.69) is 0 Å². The molecule has 1 aromatic carbocycles. The predicted molar refractivity (Wildman–Crippen MR) is 54.3 cm³/mol. The average Bonchev–Trinajstić information content (AvgIpc) is 2.97. The van der Waals surface area contributed by atoms with Crippen molar-refractivity contribution in [2.45, 2.75) is 18.2 Å². The van der Waals surface area contributed by atoms with E-state index in [1.807, 2.05) is 24.3 Å². The number of rotatable bonds is 3. The van der Waals surface area contributed by atoms with Crippen LogP contribution in [0.2, 0.25) is 5.82 Å². The number of hydrogen-bond acceptors (Lipinski definition) is 3. The van der Waals surface area contributed by atoms with Gasteiger partial charge in [0.15, 0.2) is 0 Å². The second kappa shape index (κ2) is 3.63. The highest BCUT2D eigenvalue weighted by Crippen LogP contribution is 2.53. The fraction of sp³-hybridized carbons (Fsp3) is 0.400. The third-order valence-corrected chi connectivity index (χ3v) is 2.74. The summed E-state index contributed by atoms with van der Waals surface area (Å²) in [6, 6.07) is 7.76. The third kappa shape index (κ3) is 1.76. The largest absolute Gasteiger partial charge is 0.497 e. The van der Waals surface area contributed by atoms with E-state index in [-0.39, 0.29) is 11.7 Å². The maximum atomic E-state index is 8.97. The molecule has 0 aliphatic heterocycles. The first kappa shape index (κ1) is 9.56. The molecule has 0 radical (unpaired) electrons. The van der Waals surface area contributed by atoms with E-state index in [1.165, 1.54) is 0 Å². The second-order valence-corrected chi connectivity index (χ2v) is 3.70. The molecule has 3 nitrogen and oxygen atoms in total. The van der Waals surface area contributed by atoms with Crippen LogP contribution in [-0.4, -0.2) is 24.3 Å². The molecule has 0 heterocycles. The Bertz CT molecular complexity index is 327. The standard InChI is InChI=1S/C10H13BO3/c1-14-8-4-2-3-7(5-8)9-6-10(9)11(12)13/h2-5,9-10,12-13H,6H2,1H3. The monoisotopic (exact) mass is 192 g/mol. The summed E-state index contributed by atoms with van der Waals surface area (Å²) < 4.78 is 5.10. The van der Waals surface area contributed by atoms with Gasteiger partial charge in [-0.3, -0.25) is 0 Å². The van der Waals surface area contributed by atoms with Gasteiger partial charge in [0, 0.05) is 5.82 Å². The Kier molecular flexibility index (Phi) is 2.48. The van der Waals surface area contributed by atoms with Crippen molar-refractivity contribution >= 4 is 7.12 Å². The number of ether oxygens (including phenoxy) is 1. The summed E-state index contributed by atoms with van der Waals surface area (Å²) in [5, 5.41) is 17.9. The molecule has 2 atom stereocenters. The highest BCUT2D eigenvalue weighted by molar-refractivity contribution is 6.44. The molecular weight excluding hydrogens is 179 g/mol. The fourth-order valence-electron chi connectivity index (χ4n) is 1.80. The van der Waals surface area contributed by atoms with E-state index in [4.69, 9.17) is 14.8 Å². The summed E-state index contributed by atoms with van der Waals surface area (Å²) in [6.45, 7) is 0. The van der Waals surface area contributed by atoms with Crippen molar-refractivity contribution in [2.75, 3.05) is 7.11 Å². The lowest BCUT2D eigenvalue weighted by Crippen LogP contribution is -2.11. The van der Waals surface area contributed by atoms with Crippen LogP contribution in [0.25, 0.3) is 0 Å². The molecule has 74 valence electrons. The molecule has 1 saturated carbocycles. The van der Waals surface area contributed by atoms with E-state index in [0.29, 0.717) is 0 Å². The Morgan fingerprint density at radius 3 is 2.79 bits per heavy atom. The molecule has 1 aromatic rings. The quantitative estimate of drug-likeness (QED) is 0.703. The Hall–Kier alpha value is -0.995. The van der Waals surface area contributed by atoms with Crippen molar-refractivity contribution in [1.29, 1.82) is 0 Å². The van der Waals surface area contributed by atoms with E-state index in [0.717, 1.165) is 17.7 Å². The van der Waals surface area contributed by atoms with Crippen LogP contribution in [0, 0.1) is 0 Å². The van der Waals surface area contributed by atoms with Crippen LogP contribution in [-0.2, 0) is 0 Å². The molecule has 2 rings (SSSR count). The van der Waals surface area contributed by atoms with Crippen molar-refractivity contribution in [3.63, 3.8) is 0 Å². The minimum absolute atomic E-state index is 0.00195. The number of methoxy groups -OCH3 is 1. The SMILES string of the molecule is COc1cccc(C2CC2B(O)O)c1. The molecule has 4 heteroatoms. The van der Waals surface area contributed by atoms with Gasteiger partial charge in [-0.2, -0.15) is 0 Å². The third-order valence-electron chi connectivity index (χ3n) is 2.74. The zero-order chi connectivity index (χ0) is 10.1. The van der Waals surface area contributed by atoms with Gasteiger partial charge in [0.05, 0.1) is 7.11 Å². The van der Waals surface area contributed by atoms with E-state index in [9.17, 15) is 0 Å². The highest BCUT2D eigenvalue weighted by Gasteiger charge is 2.46. The van der Waals surface area contributed by atoms with Crippen molar-refractivity contribution < 1.29 is 14.8 Å². The van der Waals surface area contributed by atoms with Crippen molar-refractivity contribution in [1.82, 2.24) is 0 Å². The first-order valence-corrected chi connectivity index (χ1v) is 4.72. The van der Waals surface area contributed by atoms with Crippen molar-refractivity contribution in [3.05, 3.63) is 29.8 Å². The van der Waals surface area contributed by atoms with Crippen LogP contribution in [0.1, 0.15) is 17.9 Å². The lowest BCUT2D eigenvalue weighted by atomic mass is 9.81. The van der Waals surface area contributed by atoms with E-state index < -0.39 is 7.12 Å². The van der Waals surface area contributed by atoms with Gasteiger partial charge >= 0.3 is 7.12 Å². The Balaban J connectivity index is 2.11. The van der Waals surface area contributed by atoms with Crippen LogP contribution in [0.5, 0.6) is 5.75 Å². The van der Waals surface area contributed by atoms with Crippen LogP contribution in [0.15, 0.2) is 24.3 Å². The molecule has 1 aliphatic rings. The molecule has 2 unspecified atom stereocenters. The smallest absolute Gasteiger partial charge is 0.455 e. The molecule has 0 amide bonds. The van der Waals surface area contributed by atoms with Crippen LogP contribution in [0.3, 0.4) is 0 Å². The molecule has 0 spiro atoms. The molecule has 0 saturated heterocycles. The van der Waals surface area contributed by atoms with E-state index >= 15 is 0 Å². The zero-order valence-corrected chi connectivity index (χ0v) is 8.05.